The summed E-state index contributed by atoms with van der Waals surface area (Å²) in [5.74, 6) is -1.55. The molecule has 3 aliphatic heterocycles. The molecule has 1 amide bonds. The first-order valence-corrected chi connectivity index (χ1v) is 12.0. The molecule has 0 saturated carbocycles. The lowest BCUT2D eigenvalue weighted by molar-refractivity contribution is -0.122. The molecule has 3 heterocycles. The highest BCUT2D eigenvalue weighted by Crippen LogP contribution is 2.57. The molecule has 3 aliphatic rings. The van der Waals surface area contributed by atoms with E-state index in [1.807, 2.05) is 72.5 Å². The van der Waals surface area contributed by atoms with Crippen LogP contribution in [0.3, 0.4) is 0 Å². The Hall–Kier alpha value is -3.70. The van der Waals surface area contributed by atoms with Crippen molar-refractivity contribution in [1.82, 2.24) is 0 Å². The first-order valence-electron chi connectivity index (χ1n) is 11.6. The molecule has 6 heteroatoms. The fourth-order valence-corrected chi connectivity index (χ4v) is 6.38. The lowest BCUT2D eigenvalue weighted by Crippen LogP contribution is -2.51. The second-order valence-electron chi connectivity index (χ2n) is 9.55. The summed E-state index contributed by atoms with van der Waals surface area (Å²) in [4.78, 5) is 43.6. The number of hydrogen-bond donors (Lipinski definition) is 1. The van der Waals surface area contributed by atoms with Gasteiger partial charge in [0.05, 0.1) is 18.0 Å². The summed E-state index contributed by atoms with van der Waals surface area (Å²) in [6, 6.07) is 18.9. The van der Waals surface area contributed by atoms with Crippen molar-refractivity contribution < 1.29 is 14.4 Å². The summed E-state index contributed by atoms with van der Waals surface area (Å²) in [5.41, 5.74) is 3.32. The Morgan fingerprint density at radius 1 is 1.03 bits per heavy atom. The van der Waals surface area contributed by atoms with Crippen molar-refractivity contribution in [2.24, 2.45) is 5.92 Å². The van der Waals surface area contributed by atoms with E-state index in [1.54, 1.807) is 18.2 Å². The first kappa shape index (κ1) is 21.8. The highest BCUT2D eigenvalue weighted by Gasteiger charge is 2.69. The molecule has 35 heavy (non-hydrogen) atoms. The van der Waals surface area contributed by atoms with Gasteiger partial charge in [-0.15, -0.1) is 0 Å². The lowest BCUT2D eigenvalue weighted by Gasteiger charge is -2.37. The molecule has 0 bridgehead atoms. The maximum absolute atomic E-state index is 14.3. The molecule has 5 nitrogen and oxygen atoms in total. The number of Topliss-reactive ketones (excluding diaryl/α,β-unsaturated/α-hetero) is 2. The minimum absolute atomic E-state index is 0.161. The van der Waals surface area contributed by atoms with E-state index in [0.717, 1.165) is 22.4 Å². The van der Waals surface area contributed by atoms with Gasteiger partial charge in [-0.3, -0.25) is 14.4 Å². The van der Waals surface area contributed by atoms with Crippen LogP contribution in [0.25, 0.3) is 6.08 Å². The Morgan fingerprint density at radius 2 is 1.77 bits per heavy atom. The number of carbonyl (C=O) groups is 3. The Balaban J connectivity index is 1.65. The summed E-state index contributed by atoms with van der Waals surface area (Å²) >= 11 is 6.26. The number of anilines is 2. The van der Waals surface area contributed by atoms with Crippen LogP contribution in [0.5, 0.6) is 0 Å². The predicted octanol–water partition coefficient (Wildman–Crippen LogP) is 5.21. The number of fused-ring (bicyclic) bond motifs is 6. The molecule has 4 atom stereocenters. The van der Waals surface area contributed by atoms with Gasteiger partial charge in [0.15, 0.2) is 11.6 Å². The fourth-order valence-electron chi connectivity index (χ4n) is 6.20. The van der Waals surface area contributed by atoms with Gasteiger partial charge in [-0.25, -0.2) is 0 Å². The van der Waals surface area contributed by atoms with E-state index < -0.39 is 23.4 Å². The number of aryl methyl sites for hydroxylation is 1. The van der Waals surface area contributed by atoms with E-state index in [-0.39, 0.29) is 17.5 Å². The molecule has 1 N–H and O–H groups in total. The zero-order valence-corrected chi connectivity index (χ0v) is 20.0. The van der Waals surface area contributed by atoms with Crippen LogP contribution < -0.4 is 10.2 Å². The standard InChI is InChI=1S/C29H23ClN2O3/c1-16-7-9-18(10-8-16)27(34)25-26(17(2)33)32-23-13-12-20(30)15-19(23)11-14-24(32)29(25)21-5-3-4-6-22(21)31-28(29)35/h3-15,24-26H,1-2H3,(H,31,35)/t24-,25-,26-,29-/m1/s1. The van der Waals surface area contributed by atoms with E-state index >= 15 is 0 Å². The van der Waals surface area contributed by atoms with Gasteiger partial charge >= 0.3 is 0 Å². The van der Waals surface area contributed by atoms with Gasteiger partial charge in [0.25, 0.3) is 0 Å². The van der Waals surface area contributed by atoms with Gasteiger partial charge in [0.2, 0.25) is 5.91 Å². The average Bonchev–Trinajstić information content (AvgIpc) is 3.32. The number of hydrogen-bond acceptors (Lipinski definition) is 4. The third-order valence-electron chi connectivity index (χ3n) is 7.63. The number of amides is 1. The molecule has 1 spiro atoms. The molecule has 0 aliphatic carbocycles. The van der Waals surface area contributed by atoms with E-state index in [4.69, 9.17) is 11.6 Å². The minimum Gasteiger partial charge on any atom is -0.352 e. The number of halogens is 1. The van der Waals surface area contributed by atoms with Crippen LogP contribution in [0, 0.1) is 12.8 Å². The van der Waals surface area contributed by atoms with Crippen LogP contribution in [0.2, 0.25) is 5.02 Å². The number of carbonyl (C=O) groups excluding carboxylic acids is 3. The Kier molecular flexibility index (Phi) is 4.77. The summed E-state index contributed by atoms with van der Waals surface area (Å²) in [5, 5.41) is 3.60. The van der Waals surface area contributed by atoms with E-state index in [1.165, 1.54) is 6.92 Å². The van der Waals surface area contributed by atoms with Crippen LogP contribution in [0.4, 0.5) is 11.4 Å². The molecule has 6 rings (SSSR count). The van der Waals surface area contributed by atoms with Crippen molar-refractivity contribution in [3.05, 3.63) is 100 Å². The van der Waals surface area contributed by atoms with Crippen LogP contribution in [-0.2, 0) is 15.0 Å². The maximum Gasteiger partial charge on any atom is 0.238 e. The number of benzene rings is 3. The zero-order valence-electron chi connectivity index (χ0n) is 19.3. The molecule has 3 aromatic carbocycles. The van der Waals surface area contributed by atoms with Crippen molar-refractivity contribution in [2.45, 2.75) is 31.3 Å². The van der Waals surface area contributed by atoms with Crippen molar-refractivity contribution in [2.75, 3.05) is 10.2 Å². The van der Waals surface area contributed by atoms with E-state index in [9.17, 15) is 14.4 Å². The zero-order chi connectivity index (χ0) is 24.5. The van der Waals surface area contributed by atoms with Crippen molar-refractivity contribution in [3.8, 4) is 0 Å². The summed E-state index contributed by atoms with van der Waals surface area (Å²) < 4.78 is 0. The topological polar surface area (TPSA) is 66.5 Å². The fraction of sp³-hybridized carbons (Fsp3) is 0.207. The van der Waals surface area contributed by atoms with Crippen LogP contribution in [-0.4, -0.2) is 29.6 Å². The largest absolute Gasteiger partial charge is 0.352 e. The Labute approximate surface area is 208 Å². The third-order valence-corrected chi connectivity index (χ3v) is 7.86. The quantitative estimate of drug-likeness (QED) is 0.520. The van der Waals surface area contributed by atoms with Crippen molar-refractivity contribution in [1.29, 1.82) is 0 Å². The smallest absolute Gasteiger partial charge is 0.238 e. The molecule has 3 aromatic rings. The summed E-state index contributed by atoms with van der Waals surface area (Å²) in [6.07, 6.45) is 3.88. The van der Waals surface area contributed by atoms with Crippen LogP contribution in [0.15, 0.2) is 72.8 Å². The minimum atomic E-state index is -1.26. The van der Waals surface area contributed by atoms with Gasteiger partial charge in [0, 0.05) is 22.0 Å². The summed E-state index contributed by atoms with van der Waals surface area (Å²) in [7, 11) is 0. The second-order valence-corrected chi connectivity index (χ2v) is 9.98. The van der Waals surface area contributed by atoms with Gasteiger partial charge in [-0.05, 0) is 49.2 Å². The molecule has 0 unspecified atom stereocenters. The highest BCUT2D eigenvalue weighted by molar-refractivity contribution is 6.31. The van der Waals surface area contributed by atoms with Gasteiger partial charge < -0.3 is 10.2 Å². The van der Waals surface area contributed by atoms with Crippen LogP contribution in [0.1, 0.15) is 34.0 Å². The number of nitrogens with one attached hydrogen (secondary N) is 1. The van der Waals surface area contributed by atoms with Crippen molar-refractivity contribution in [3.63, 3.8) is 0 Å². The Morgan fingerprint density at radius 3 is 2.51 bits per heavy atom. The Bertz CT molecular complexity index is 1440. The molecule has 0 radical (unpaired) electrons. The highest BCUT2D eigenvalue weighted by atomic mass is 35.5. The lowest BCUT2D eigenvalue weighted by atomic mass is 9.64. The molecule has 1 saturated heterocycles. The molecule has 0 aromatic heterocycles. The number of para-hydroxylation sites is 1. The molecule has 174 valence electrons. The normalized spacial score (nSPS) is 25.7. The summed E-state index contributed by atoms with van der Waals surface area (Å²) in [6.45, 7) is 3.46. The van der Waals surface area contributed by atoms with E-state index in [2.05, 4.69) is 5.32 Å². The van der Waals surface area contributed by atoms with Gasteiger partial charge in [-0.1, -0.05) is 71.8 Å². The molecular formula is C29H23ClN2O3. The molecule has 1 fully saturated rings. The first-order chi connectivity index (χ1) is 16.8. The number of rotatable bonds is 3. The SMILES string of the molecule is CC(=O)[C@@H]1[C@H](C(=O)c2ccc(C)cc2)[C@]2(C(=O)Nc3ccccc32)[C@H]2C=Cc3cc(Cl)ccc3N12. The maximum atomic E-state index is 14.3. The third kappa shape index (κ3) is 2.91. The average molecular weight is 483 g/mol. The molecular weight excluding hydrogens is 460 g/mol. The second kappa shape index (κ2) is 7.65. The monoisotopic (exact) mass is 482 g/mol. The van der Waals surface area contributed by atoms with Gasteiger partial charge in [0.1, 0.15) is 5.41 Å². The number of ketones is 2. The van der Waals surface area contributed by atoms with Gasteiger partial charge in [-0.2, -0.15) is 0 Å². The predicted molar refractivity (Wildman–Crippen MR) is 137 cm³/mol. The van der Waals surface area contributed by atoms with E-state index in [0.29, 0.717) is 16.3 Å². The number of nitrogens with zero attached hydrogens (tertiary/aromatic N) is 1. The van der Waals surface area contributed by atoms with Crippen molar-refractivity contribution >= 4 is 46.5 Å². The van der Waals surface area contributed by atoms with Crippen LogP contribution >= 0.6 is 11.6 Å².